The van der Waals surface area contributed by atoms with Crippen molar-refractivity contribution in [3.05, 3.63) is 107 Å². The first-order chi connectivity index (χ1) is 17.7. The predicted octanol–water partition coefficient (Wildman–Crippen LogP) is 3.42. The van der Waals surface area contributed by atoms with Gasteiger partial charge < -0.3 is 15.8 Å². The van der Waals surface area contributed by atoms with E-state index >= 15 is 0 Å². The number of anilines is 1. The molecule has 0 aliphatic carbocycles. The molecule has 1 heterocycles. The number of sulfonamides is 1. The highest BCUT2D eigenvalue weighted by molar-refractivity contribution is 7.89. The largest absolute Gasteiger partial charge is 0.489 e. The third-order valence-corrected chi connectivity index (χ3v) is 7.21. The maximum atomic E-state index is 13.4. The Balaban J connectivity index is 1.59. The molecule has 1 atom stereocenters. The zero-order valence-electron chi connectivity index (χ0n) is 20.6. The average molecular weight is 520 g/mol. The predicted molar refractivity (Wildman–Crippen MR) is 141 cm³/mol. The Bertz CT molecular complexity index is 1470. The van der Waals surface area contributed by atoms with E-state index in [1.165, 1.54) is 10.9 Å². The van der Waals surface area contributed by atoms with Crippen molar-refractivity contribution >= 4 is 21.6 Å². The third kappa shape index (κ3) is 6.62. The number of hydrogen-bond donors (Lipinski definition) is 3. The summed E-state index contributed by atoms with van der Waals surface area (Å²) < 4.78 is 36.3. The summed E-state index contributed by atoms with van der Waals surface area (Å²) in [5.41, 5.74) is 8.86. The Morgan fingerprint density at radius 2 is 1.73 bits per heavy atom. The minimum atomic E-state index is -4.07. The molecule has 0 fully saturated rings. The Kier molecular flexibility index (Phi) is 8.02. The van der Waals surface area contributed by atoms with Crippen molar-refractivity contribution in [3.8, 4) is 5.75 Å². The lowest BCUT2D eigenvalue weighted by molar-refractivity contribution is -0.117. The molecule has 1 aromatic heterocycles. The SMILES string of the molecule is Cc1nn(C)cc1S(=O)(=O)N[C@@H](C(=O)Nc1cccc(CN)c1)c1ccc(OCc2ccccc2)cc1. The molecule has 10 heteroatoms. The van der Waals surface area contributed by atoms with Gasteiger partial charge in [-0.3, -0.25) is 9.48 Å². The number of aromatic nitrogens is 2. The van der Waals surface area contributed by atoms with Gasteiger partial charge >= 0.3 is 0 Å². The fraction of sp³-hybridized carbons (Fsp3) is 0.185. The van der Waals surface area contributed by atoms with Crippen molar-refractivity contribution in [2.24, 2.45) is 12.8 Å². The van der Waals surface area contributed by atoms with Gasteiger partial charge in [0.15, 0.2) is 0 Å². The van der Waals surface area contributed by atoms with Crippen LogP contribution in [0.4, 0.5) is 5.69 Å². The van der Waals surface area contributed by atoms with Gasteiger partial charge in [0.05, 0.1) is 5.69 Å². The second-order valence-corrected chi connectivity index (χ2v) is 10.2. The van der Waals surface area contributed by atoms with Crippen LogP contribution in [0.1, 0.15) is 28.4 Å². The molecule has 4 aromatic rings. The number of carbonyl (C=O) groups is 1. The monoisotopic (exact) mass is 519 g/mol. The number of nitrogens with one attached hydrogen (secondary N) is 2. The Morgan fingerprint density at radius 1 is 1.03 bits per heavy atom. The van der Waals surface area contributed by atoms with Crippen LogP contribution in [0.25, 0.3) is 0 Å². The molecule has 0 spiro atoms. The van der Waals surface area contributed by atoms with E-state index in [9.17, 15) is 13.2 Å². The Hall–Kier alpha value is -3.99. The summed E-state index contributed by atoms with van der Waals surface area (Å²) in [6.45, 7) is 2.29. The molecule has 1 amide bonds. The molecule has 0 aliphatic rings. The highest BCUT2D eigenvalue weighted by atomic mass is 32.2. The molecule has 192 valence electrons. The van der Waals surface area contributed by atoms with Crippen molar-refractivity contribution in [3.63, 3.8) is 0 Å². The quantitative estimate of drug-likeness (QED) is 0.295. The van der Waals surface area contributed by atoms with Crippen molar-refractivity contribution in [1.82, 2.24) is 14.5 Å². The number of hydrogen-bond acceptors (Lipinski definition) is 6. The van der Waals surface area contributed by atoms with Crippen LogP contribution in [-0.4, -0.2) is 24.1 Å². The normalized spacial score (nSPS) is 12.2. The van der Waals surface area contributed by atoms with Crippen LogP contribution in [0, 0.1) is 6.92 Å². The van der Waals surface area contributed by atoms with E-state index in [-0.39, 0.29) is 4.90 Å². The molecular formula is C27H29N5O4S. The first-order valence-electron chi connectivity index (χ1n) is 11.6. The molecule has 4 rings (SSSR count). The first kappa shape index (κ1) is 26.1. The summed E-state index contributed by atoms with van der Waals surface area (Å²) in [6, 6.07) is 22.3. The molecule has 0 radical (unpaired) electrons. The first-order valence-corrected chi connectivity index (χ1v) is 13.1. The molecule has 37 heavy (non-hydrogen) atoms. The van der Waals surface area contributed by atoms with E-state index in [2.05, 4.69) is 15.1 Å². The standard InChI is InChI=1S/C27H29N5O4S/c1-19-25(17-32(2)30-19)37(34,35)31-26(27(33)29-23-10-6-9-21(15-23)16-28)22-11-13-24(14-12-22)36-18-20-7-4-3-5-8-20/h3-15,17,26,31H,16,18,28H2,1-2H3,(H,29,33)/t26-/m1/s1. The summed E-state index contributed by atoms with van der Waals surface area (Å²) >= 11 is 0. The minimum absolute atomic E-state index is 0.000689. The van der Waals surface area contributed by atoms with Gasteiger partial charge in [-0.05, 0) is 47.9 Å². The van der Waals surface area contributed by atoms with Gasteiger partial charge in [0, 0.05) is 25.5 Å². The highest BCUT2D eigenvalue weighted by Gasteiger charge is 2.29. The number of nitrogens with zero attached hydrogens (tertiary/aromatic N) is 2. The smallest absolute Gasteiger partial charge is 0.247 e. The molecule has 0 saturated heterocycles. The zero-order chi connectivity index (χ0) is 26.4. The maximum Gasteiger partial charge on any atom is 0.247 e. The van der Waals surface area contributed by atoms with Gasteiger partial charge in [-0.15, -0.1) is 0 Å². The van der Waals surface area contributed by atoms with Gasteiger partial charge in [-0.1, -0.05) is 54.6 Å². The summed E-state index contributed by atoms with van der Waals surface area (Å²) in [5.74, 6) is 0.0469. The van der Waals surface area contributed by atoms with Gasteiger partial charge in [-0.2, -0.15) is 9.82 Å². The lowest BCUT2D eigenvalue weighted by atomic mass is 10.1. The fourth-order valence-electron chi connectivity index (χ4n) is 3.82. The second kappa shape index (κ2) is 11.4. The zero-order valence-corrected chi connectivity index (χ0v) is 21.4. The van der Waals surface area contributed by atoms with E-state index in [4.69, 9.17) is 10.5 Å². The van der Waals surface area contributed by atoms with Gasteiger partial charge in [0.25, 0.3) is 0 Å². The van der Waals surface area contributed by atoms with E-state index in [0.717, 1.165) is 11.1 Å². The molecule has 4 N–H and O–H groups in total. The molecular weight excluding hydrogens is 490 g/mol. The van der Waals surface area contributed by atoms with E-state index in [0.29, 0.717) is 35.8 Å². The van der Waals surface area contributed by atoms with Crippen LogP contribution in [0.2, 0.25) is 0 Å². The average Bonchev–Trinajstić information content (AvgIpc) is 3.26. The summed E-state index contributed by atoms with van der Waals surface area (Å²) in [7, 11) is -2.44. The van der Waals surface area contributed by atoms with Gasteiger partial charge in [-0.25, -0.2) is 8.42 Å². The van der Waals surface area contributed by atoms with E-state index in [1.807, 2.05) is 36.4 Å². The van der Waals surface area contributed by atoms with Crippen LogP contribution in [0.5, 0.6) is 5.75 Å². The van der Waals surface area contributed by atoms with Crippen LogP contribution >= 0.6 is 0 Å². The number of benzene rings is 3. The summed E-state index contributed by atoms with van der Waals surface area (Å²) in [5, 5.41) is 6.91. The number of ether oxygens (including phenoxy) is 1. The van der Waals surface area contributed by atoms with Crippen LogP contribution in [0.15, 0.2) is 90.0 Å². The Morgan fingerprint density at radius 3 is 2.38 bits per heavy atom. The van der Waals surface area contributed by atoms with Gasteiger partial charge in [0.2, 0.25) is 15.9 Å². The molecule has 9 nitrogen and oxygen atoms in total. The highest BCUT2D eigenvalue weighted by Crippen LogP contribution is 2.24. The van der Waals surface area contributed by atoms with Crippen molar-refractivity contribution in [2.75, 3.05) is 5.32 Å². The molecule has 0 aliphatic heterocycles. The van der Waals surface area contributed by atoms with Crippen molar-refractivity contribution in [2.45, 2.75) is 31.0 Å². The van der Waals surface area contributed by atoms with Gasteiger partial charge in [0.1, 0.15) is 23.3 Å². The number of amides is 1. The minimum Gasteiger partial charge on any atom is -0.489 e. The number of rotatable bonds is 10. The van der Waals surface area contributed by atoms with Crippen molar-refractivity contribution in [1.29, 1.82) is 0 Å². The Labute approximate surface area is 216 Å². The van der Waals surface area contributed by atoms with Crippen LogP contribution in [0.3, 0.4) is 0 Å². The molecule has 3 aromatic carbocycles. The summed E-state index contributed by atoms with van der Waals surface area (Å²) in [4.78, 5) is 13.4. The lowest BCUT2D eigenvalue weighted by Gasteiger charge is -2.19. The van der Waals surface area contributed by atoms with Crippen LogP contribution in [-0.2, 0) is 35.0 Å². The maximum absolute atomic E-state index is 13.4. The topological polar surface area (TPSA) is 128 Å². The number of nitrogens with two attached hydrogens (primary N) is 1. The van der Waals surface area contributed by atoms with E-state index in [1.54, 1.807) is 56.4 Å². The third-order valence-electron chi connectivity index (χ3n) is 5.69. The molecule has 0 saturated carbocycles. The summed E-state index contributed by atoms with van der Waals surface area (Å²) in [6.07, 6.45) is 1.40. The number of aryl methyl sites for hydroxylation is 2. The number of carbonyl (C=O) groups excluding carboxylic acids is 1. The second-order valence-electron chi connectivity index (χ2n) is 8.54. The van der Waals surface area contributed by atoms with Crippen molar-refractivity contribution < 1.29 is 17.9 Å². The lowest BCUT2D eigenvalue weighted by Crippen LogP contribution is -2.37. The van der Waals surface area contributed by atoms with Crippen LogP contribution < -0.4 is 20.5 Å². The molecule has 0 bridgehead atoms. The molecule has 0 unspecified atom stereocenters. The fourth-order valence-corrected chi connectivity index (χ4v) is 5.22. The van der Waals surface area contributed by atoms with E-state index < -0.39 is 22.0 Å².